The number of hydrogen-bond donors (Lipinski definition) is 0. The zero-order chi connectivity index (χ0) is 13.7. The summed E-state index contributed by atoms with van der Waals surface area (Å²) in [5.74, 6) is 0.774. The number of ether oxygens (including phenoxy) is 1. The molecular formula is C17H15NO. The van der Waals surface area contributed by atoms with Crippen LogP contribution in [0.4, 0.5) is 0 Å². The smallest absolute Gasteiger partial charge is 0.126 e. The molecule has 0 N–H and O–H groups in total. The molecule has 0 saturated heterocycles. The Hall–Kier alpha value is -2.53. The van der Waals surface area contributed by atoms with Gasteiger partial charge >= 0.3 is 0 Å². The molecule has 0 heterocycles. The van der Waals surface area contributed by atoms with E-state index in [1.165, 1.54) is 0 Å². The Bertz CT molecular complexity index is 636. The first-order valence-corrected chi connectivity index (χ1v) is 6.06. The molecule has 2 nitrogen and oxygen atoms in total. The van der Waals surface area contributed by atoms with Gasteiger partial charge in [0.15, 0.2) is 0 Å². The van der Waals surface area contributed by atoms with E-state index in [4.69, 9.17) is 10.00 Å². The average Bonchev–Trinajstić information content (AvgIpc) is 2.45. The molecule has 0 bridgehead atoms. The van der Waals surface area contributed by atoms with Crippen LogP contribution in [-0.2, 0) is 0 Å². The Morgan fingerprint density at radius 2 is 1.89 bits per heavy atom. The van der Waals surface area contributed by atoms with Crippen molar-refractivity contribution in [1.82, 2.24) is 0 Å². The largest absolute Gasteiger partial charge is 0.496 e. The molecule has 0 aromatic heterocycles. The molecular weight excluding hydrogens is 234 g/mol. The minimum Gasteiger partial charge on any atom is -0.496 e. The summed E-state index contributed by atoms with van der Waals surface area (Å²) in [6.07, 6.45) is 1.56. The van der Waals surface area contributed by atoms with Gasteiger partial charge in [-0.2, -0.15) is 5.26 Å². The van der Waals surface area contributed by atoms with Gasteiger partial charge in [0.2, 0.25) is 0 Å². The first-order chi connectivity index (χ1) is 9.26. The maximum absolute atomic E-state index is 9.03. The first kappa shape index (κ1) is 12.9. The third-order valence-electron chi connectivity index (χ3n) is 2.94. The Morgan fingerprint density at radius 1 is 1.16 bits per heavy atom. The lowest BCUT2D eigenvalue weighted by Gasteiger charge is -2.12. The quantitative estimate of drug-likeness (QED) is 0.771. The van der Waals surface area contributed by atoms with Crippen LogP contribution in [-0.4, -0.2) is 7.11 Å². The van der Waals surface area contributed by atoms with E-state index in [0.29, 0.717) is 0 Å². The molecule has 0 spiro atoms. The molecule has 0 atom stereocenters. The highest BCUT2D eigenvalue weighted by molar-refractivity contribution is 5.84. The van der Waals surface area contributed by atoms with Crippen molar-refractivity contribution in [3.8, 4) is 11.8 Å². The van der Waals surface area contributed by atoms with Gasteiger partial charge in [0.25, 0.3) is 0 Å². The number of nitriles is 1. The molecule has 0 fully saturated rings. The second kappa shape index (κ2) is 5.88. The molecule has 2 aromatic carbocycles. The minimum absolute atomic E-state index is 0.774. The Balaban J connectivity index is 2.62. The standard InChI is InChI=1S/C17H15NO/c1-13-8-9-17(19-2)16(12-13)15(10-11-18)14-6-4-3-5-7-14/h3-10,12H,1-2H3/b15-10-. The van der Waals surface area contributed by atoms with E-state index in [1.54, 1.807) is 13.2 Å². The van der Waals surface area contributed by atoms with E-state index in [0.717, 1.165) is 28.0 Å². The predicted molar refractivity (Wildman–Crippen MR) is 76.9 cm³/mol. The van der Waals surface area contributed by atoms with E-state index >= 15 is 0 Å². The number of allylic oxidation sites excluding steroid dienone is 1. The zero-order valence-electron chi connectivity index (χ0n) is 11.1. The number of aryl methyl sites for hydroxylation is 1. The summed E-state index contributed by atoms with van der Waals surface area (Å²) < 4.78 is 5.40. The summed E-state index contributed by atoms with van der Waals surface area (Å²) in [7, 11) is 1.64. The molecule has 0 aliphatic heterocycles. The van der Waals surface area contributed by atoms with Crippen LogP contribution in [0.1, 0.15) is 16.7 Å². The fourth-order valence-corrected chi connectivity index (χ4v) is 2.03. The molecule has 0 amide bonds. The lowest BCUT2D eigenvalue weighted by Crippen LogP contribution is -1.94. The van der Waals surface area contributed by atoms with Gasteiger partial charge in [-0.05, 0) is 24.6 Å². The van der Waals surface area contributed by atoms with E-state index in [-0.39, 0.29) is 0 Å². The number of hydrogen-bond acceptors (Lipinski definition) is 2. The summed E-state index contributed by atoms with van der Waals surface area (Å²) in [6.45, 7) is 2.03. The van der Waals surface area contributed by atoms with E-state index < -0.39 is 0 Å². The summed E-state index contributed by atoms with van der Waals surface area (Å²) in [5.41, 5.74) is 3.96. The van der Waals surface area contributed by atoms with Crippen LogP contribution in [0, 0.1) is 18.3 Å². The lowest BCUT2D eigenvalue weighted by atomic mass is 9.95. The van der Waals surface area contributed by atoms with Crippen LogP contribution < -0.4 is 4.74 Å². The maximum Gasteiger partial charge on any atom is 0.126 e. The van der Waals surface area contributed by atoms with Crippen LogP contribution in [0.2, 0.25) is 0 Å². The third-order valence-corrected chi connectivity index (χ3v) is 2.94. The van der Waals surface area contributed by atoms with Gasteiger partial charge in [0.05, 0.1) is 13.2 Å². The van der Waals surface area contributed by atoms with Crippen molar-refractivity contribution in [3.05, 3.63) is 71.3 Å². The SMILES string of the molecule is COc1ccc(C)cc1/C(=C\C#N)c1ccccc1. The molecule has 2 rings (SSSR count). The van der Waals surface area contributed by atoms with Crippen LogP contribution >= 0.6 is 0 Å². The van der Waals surface area contributed by atoms with Crippen molar-refractivity contribution in [1.29, 1.82) is 5.26 Å². The number of benzene rings is 2. The summed E-state index contributed by atoms with van der Waals surface area (Å²) in [4.78, 5) is 0. The highest BCUT2D eigenvalue weighted by atomic mass is 16.5. The summed E-state index contributed by atoms with van der Waals surface area (Å²) in [6, 6.07) is 17.9. The first-order valence-electron chi connectivity index (χ1n) is 6.06. The second-order valence-electron chi connectivity index (χ2n) is 4.26. The van der Waals surface area contributed by atoms with Crippen LogP contribution in [0.15, 0.2) is 54.6 Å². The van der Waals surface area contributed by atoms with Gasteiger partial charge in [-0.15, -0.1) is 0 Å². The molecule has 0 aliphatic rings. The Kier molecular flexibility index (Phi) is 4.00. The predicted octanol–water partition coefficient (Wildman–Crippen LogP) is 3.96. The zero-order valence-corrected chi connectivity index (χ0v) is 11.1. The van der Waals surface area contributed by atoms with Gasteiger partial charge in [-0.3, -0.25) is 0 Å². The van der Waals surface area contributed by atoms with E-state index in [2.05, 4.69) is 6.07 Å². The molecule has 2 aromatic rings. The average molecular weight is 249 g/mol. The topological polar surface area (TPSA) is 33.0 Å². The molecule has 2 heteroatoms. The van der Waals surface area contributed by atoms with Crippen LogP contribution in [0.5, 0.6) is 5.75 Å². The van der Waals surface area contributed by atoms with Gasteiger partial charge < -0.3 is 4.74 Å². The molecule has 0 aliphatic carbocycles. The second-order valence-corrected chi connectivity index (χ2v) is 4.26. The molecule has 0 saturated carbocycles. The van der Waals surface area contributed by atoms with Gasteiger partial charge in [-0.25, -0.2) is 0 Å². The molecule has 0 unspecified atom stereocenters. The number of rotatable bonds is 3. The van der Waals surface area contributed by atoms with Gasteiger partial charge in [-0.1, -0.05) is 42.0 Å². The van der Waals surface area contributed by atoms with E-state index in [9.17, 15) is 0 Å². The fourth-order valence-electron chi connectivity index (χ4n) is 2.03. The van der Waals surface area contributed by atoms with Crippen molar-refractivity contribution in [3.63, 3.8) is 0 Å². The molecule has 19 heavy (non-hydrogen) atoms. The van der Waals surface area contributed by atoms with Gasteiger partial charge in [0, 0.05) is 17.2 Å². The highest BCUT2D eigenvalue weighted by Gasteiger charge is 2.10. The minimum atomic E-state index is 0.774. The Morgan fingerprint density at radius 3 is 2.53 bits per heavy atom. The van der Waals surface area contributed by atoms with Crippen LogP contribution in [0.25, 0.3) is 5.57 Å². The molecule has 0 radical (unpaired) electrons. The lowest BCUT2D eigenvalue weighted by molar-refractivity contribution is 0.413. The summed E-state index contributed by atoms with van der Waals surface area (Å²) >= 11 is 0. The van der Waals surface area contributed by atoms with Crippen molar-refractivity contribution in [2.45, 2.75) is 6.92 Å². The number of nitrogens with zero attached hydrogens (tertiary/aromatic N) is 1. The van der Waals surface area contributed by atoms with Crippen molar-refractivity contribution in [2.24, 2.45) is 0 Å². The maximum atomic E-state index is 9.03. The van der Waals surface area contributed by atoms with Crippen molar-refractivity contribution in [2.75, 3.05) is 7.11 Å². The fraction of sp³-hybridized carbons (Fsp3) is 0.118. The Labute approximate surface area is 113 Å². The molecule has 94 valence electrons. The van der Waals surface area contributed by atoms with Gasteiger partial charge in [0.1, 0.15) is 5.75 Å². The van der Waals surface area contributed by atoms with Crippen molar-refractivity contribution < 1.29 is 4.74 Å². The van der Waals surface area contributed by atoms with Crippen molar-refractivity contribution >= 4 is 5.57 Å². The number of methoxy groups -OCH3 is 1. The van der Waals surface area contributed by atoms with Crippen LogP contribution in [0.3, 0.4) is 0 Å². The monoisotopic (exact) mass is 249 g/mol. The van der Waals surface area contributed by atoms with E-state index in [1.807, 2.05) is 55.5 Å². The summed E-state index contributed by atoms with van der Waals surface area (Å²) in [5, 5.41) is 9.03. The third kappa shape index (κ3) is 2.83. The normalized spacial score (nSPS) is 10.9. The highest BCUT2D eigenvalue weighted by Crippen LogP contribution is 2.31.